The first-order valence-electron chi connectivity index (χ1n) is 8.20. The first kappa shape index (κ1) is 16.3. The van der Waals surface area contributed by atoms with E-state index < -0.39 is 15.9 Å². The summed E-state index contributed by atoms with van der Waals surface area (Å²) in [6.07, 6.45) is 0.575. The molecule has 2 atom stereocenters. The van der Waals surface area contributed by atoms with E-state index >= 15 is 0 Å². The molecule has 1 spiro atoms. The van der Waals surface area contributed by atoms with Gasteiger partial charge in [0.1, 0.15) is 0 Å². The molecule has 1 fully saturated rings. The van der Waals surface area contributed by atoms with E-state index in [0.29, 0.717) is 37.3 Å². The summed E-state index contributed by atoms with van der Waals surface area (Å²) in [6.45, 7) is 1.32. The van der Waals surface area contributed by atoms with E-state index in [1.807, 2.05) is 18.2 Å². The minimum absolute atomic E-state index is 0.0709. The number of hydrogen-bond donors (Lipinski definition) is 2. The van der Waals surface area contributed by atoms with E-state index in [9.17, 15) is 13.6 Å². The number of sulfonamides is 1. The van der Waals surface area contributed by atoms with Gasteiger partial charge < -0.3 is 14.8 Å². The Morgan fingerprint density at radius 3 is 2.64 bits per heavy atom. The maximum Gasteiger partial charge on any atom is 0.253 e. The average molecular weight is 357 g/mol. The Labute approximate surface area is 147 Å². The number of rotatable bonds is 1. The van der Waals surface area contributed by atoms with Crippen LogP contribution in [0.25, 0.3) is 0 Å². The van der Waals surface area contributed by atoms with Crippen molar-refractivity contribution in [1.29, 1.82) is 0 Å². The quantitative estimate of drug-likeness (QED) is 0.764. The number of likely N-dealkylation sites (tertiary alicyclic amines) is 1. The maximum absolute atomic E-state index is 12.7. The molecule has 0 aromatic heterocycles. The fourth-order valence-electron chi connectivity index (χ4n) is 3.52. The highest BCUT2D eigenvalue weighted by Crippen LogP contribution is 2.33. The van der Waals surface area contributed by atoms with Crippen LogP contribution in [-0.2, 0) is 14.6 Å². The molecule has 6 nitrogen and oxygen atoms in total. The number of anilines is 1. The average Bonchev–Trinajstić information content (AvgIpc) is 2.99. The number of para-hydroxylation sites is 1. The minimum atomic E-state index is -3.63. The third-order valence-electron chi connectivity index (χ3n) is 4.81. The molecule has 2 heterocycles. The van der Waals surface area contributed by atoms with Crippen molar-refractivity contribution in [2.24, 2.45) is 0 Å². The van der Waals surface area contributed by atoms with Crippen LogP contribution in [0.3, 0.4) is 0 Å². The summed E-state index contributed by atoms with van der Waals surface area (Å²) >= 11 is 0. The summed E-state index contributed by atoms with van der Waals surface area (Å²) in [5.74, 6) is -0.0709. The molecule has 0 radical (unpaired) electrons. The molecule has 1 amide bonds. The molecule has 2 aliphatic heterocycles. The predicted octanol–water partition coefficient (Wildman–Crippen LogP) is 1.89. The lowest BCUT2D eigenvalue weighted by Crippen LogP contribution is -2.55. The van der Waals surface area contributed by atoms with Crippen LogP contribution < -0.4 is 10.0 Å². The van der Waals surface area contributed by atoms with Gasteiger partial charge in [0.2, 0.25) is 0 Å². The topological polar surface area (TPSA) is 84.5 Å². The second kappa shape index (κ2) is 5.94. The molecule has 2 N–H and O–H groups in total. The van der Waals surface area contributed by atoms with Crippen molar-refractivity contribution in [1.82, 2.24) is 9.62 Å². The normalized spacial score (nSPS) is 28.3. The van der Waals surface area contributed by atoms with Crippen molar-refractivity contribution in [3.05, 3.63) is 60.2 Å². The van der Waals surface area contributed by atoms with Crippen LogP contribution in [0.15, 0.2) is 59.5 Å². The van der Waals surface area contributed by atoms with Crippen LogP contribution in [0, 0.1) is 0 Å². The van der Waals surface area contributed by atoms with Crippen LogP contribution in [0.4, 0.5) is 5.69 Å². The van der Waals surface area contributed by atoms with Crippen LogP contribution in [0.2, 0.25) is 0 Å². The lowest BCUT2D eigenvalue weighted by molar-refractivity contribution is 0.0783. The molecule has 1 saturated heterocycles. The van der Waals surface area contributed by atoms with E-state index in [1.165, 1.54) is 0 Å². The molecule has 0 aliphatic carbocycles. The fourth-order valence-corrected chi connectivity index (χ4v) is 5.13. The van der Waals surface area contributed by atoms with E-state index in [0.717, 1.165) is 0 Å². The van der Waals surface area contributed by atoms with Gasteiger partial charge in [0.15, 0.2) is 15.3 Å². The summed E-state index contributed by atoms with van der Waals surface area (Å²) in [5, 5.41) is 3.23. The Kier molecular flexibility index (Phi) is 3.87. The molecule has 2 aliphatic rings. The molecule has 0 bridgehead atoms. The van der Waals surface area contributed by atoms with Gasteiger partial charge in [-0.05, 0) is 30.7 Å². The third-order valence-corrected chi connectivity index (χ3v) is 6.44. The summed E-state index contributed by atoms with van der Waals surface area (Å²) < 4.78 is 28.3. The van der Waals surface area contributed by atoms with Crippen LogP contribution >= 0.6 is 0 Å². The van der Waals surface area contributed by atoms with Crippen LogP contribution in [0.5, 0.6) is 0 Å². The summed E-state index contributed by atoms with van der Waals surface area (Å²) in [7, 11) is -3.63. The Morgan fingerprint density at radius 2 is 1.84 bits per heavy atom. The predicted molar refractivity (Wildman–Crippen MR) is 94.9 cm³/mol. The SMILES string of the molecule is O=C(c1ccccc1)N1CCC2(CNc3ccccc3[S+](=O)([O-])N2)C1. The third kappa shape index (κ3) is 2.95. The van der Waals surface area contributed by atoms with Gasteiger partial charge in [-0.25, -0.2) is 0 Å². The number of nitrogens with one attached hydrogen (secondary N) is 2. The summed E-state index contributed by atoms with van der Waals surface area (Å²) in [6, 6.07) is 15.9. The second-order valence-electron chi connectivity index (χ2n) is 6.58. The summed E-state index contributed by atoms with van der Waals surface area (Å²) in [4.78, 5) is 14.6. The monoisotopic (exact) mass is 357 g/mol. The van der Waals surface area contributed by atoms with Gasteiger partial charge in [0.05, 0.1) is 11.2 Å². The second-order valence-corrected chi connectivity index (χ2v) is 8.23. The Hall–Kier alpha value is -2.22. The number of nitrogens with zero attached hydrogens (tertiary/aromatic N) is 1. The Morgan fingerprint density at radius 1 is 1.12 bits per heavy atom. The minimum Gasteiger partial charge on any atom is -0.593 e. The van der Waals surface area contributed by atoms with Crippen molar-refractivity contribution in [2.45, 2.75) is 16.9 Å². The van der Waals surface area contributed by atoms with Gasteiger partial charge in [-0.1, -0.05) is 34.5 Å². The van der Waals surface area contributed by atoms with Gasteiger partial charge in [-0.2, -0.15) is 0 Å². The smallest absolute Gasteiger partial charge is 0.253 e. The van der Waals surface area contributed by atoms with Crippen LogP contribution in [-0.4, -0.2) is 40.5 Å². The first-order valence-corrected chi connectivity index (χ1v) is 9.69. The molecule has 25 heavy (non-hydrogen) atoms. The number of carbonyl (C=O) groups excluding carboxylic acids is 1. The fraction of sp³-hybridized carbons (Fsp3) is 0.278. The standard InChI is InChI=1S/C18H19N3O3S/c22-17(14-6-2-1-3-7-14)21-11-10-18(13-21)12-19-15-8-4-5-9-16(15)25(23,24)20-18/h1-9H,10-13H2,(H2-,19,20,23,24). The van der Waals surface area contributed by atoms with Gasteiger partial charge in [-0.15, -0.1) is 4.72 Å². The highest BCUT2D eigenvalue weighted by atomic mass is 32.3. The van der Waals surface area contributed by atoms with Gasteiger partial charge >= 0.3 is 0 Å². The molecular weight excluding hydrogens is 338 g/mol. The molecule has 2 aromatic carbocycles. The van der Waals surface area contributed by atoms with Gasteiger partial charge in [0, 0.05) is 25.2 Å². The highest BCUT2D eigenvalue weighted by molar-refractivity contribution is 7.96. The first-order chi connectivity index (χ1) is 12.0. The Bertz CT molecular complexity index is 858. The number of hydrogen-bond acceptors (Lipinski definition) is 4. The zero-order valence-electron chi connectivity index (χ0n) is 13.6. The number of fused-ring (bicyclic) bond motifs is 1. The van der Waals surface area contributed by atoms with E-state index in [4.69, 9.17) is 0 Å². The van der Waals surface area contributed by atoms with Crippen molar-refractivity contribution in [3.8, 4) is 0 Å². The van der Waals surface area contributed by atoms with Crippen LogP contribution in [0.1, 0.15) is 16.8 Å². The highest BCUT2D eigenvalue weighted by Gasteiger charge is 2.47. The molecular formula is C18H19N3O3S. The zero-order chi connectivity index (χ0) is 17.5. The molecule has 7 heteroatoms. The van der Waals surface area contributed by atoms with E-state index in [2.05, 4.69) is 10.0 Å². The lowest BCUT2D eigenvalue weighted by atomic mass is 10.00. The van der Waals surface area contributed by atoms with Gasteiger partial charge in [0.25, 0.3) is 5.91 Å². The molecule has 4 rings (SSSR count). The van der Waals surface area contributed by atoms with Crippen molar-refractivity contribution >= 4 is 22.0 Å². The number of carbonyl (C=O) groups is 1. The van der Waals surface area contributed by atoms with Crippen molar-refractivity contribution < 1.29 is 13.6 Å². The largest absolute Gasteiger partial charge is 0.593 e. The molecule has 130 valence electrons. The van der Waals surface area contributed by atoms with Crippen molar-refractivity contribution in [3.63, 3.8) is 0 Å². The maximum atomic E-state index is 12.7. The number of amides is 1. The van der Waals surface area contributed by atoms with E-state index in [1.54, 1.807) is 41.3 Å². The zero-order valence-corrected chi connectivity index (χ0v) is 14.4. The summed E-state index contributed by atoms with van der Waals surface area (Å²) in [5.41, 5.74) is 0.523. The molecule has 0 saturated carbocycles. The Balaban J connectivity index is 1.59. The molecule has 2 unspecified atom stereocenters. The number of benzene rings is 2. The lowest BCUT2D eigenvalue weighted by Gasteiger charge is -2.29. The van der Waals surface area contributed by atoms with Crippen molar-refractivity contribution in [2.75, 3.05) is 25.0 Å². The van der Waals surface area contributed by atoms with E-state index in [-0.39, 0.29) is 10.8 Å². The molecule has 2 aromatic rings. The van der Waals surface area contributed by atoms with Gasteiger partial charge in [-0.3, -0.25) is 4.79 Å².